The normalized spacial score (nSPS) is 10.4. The number of hydrogen-bond donors (Lipinski definition) is 1. The highest BCUT2D eigenvalue weighted by Gasteiger charge is 2.27. The molecule has 4 nitrogen and oxygen atoms in total. The Balaban J connectivity index is 0. The van der Waals surface area contributed by atoms with Crippen LogP contribution in [0.2, 0.25) is 12.6 Å². The first-order valence-corrected chi connectivity index (χ1v) is 7.12. The molecule has 0 aromatic heterocycles. The van der Waals surface area contributed by atoms with Gasteiger partial charge in [-0.05, 0) is 24.9 Å². The van der Waals surface area contributed by atoms with Gasteiger partial charge >= 0.3 is 8.56 Å². The van der Waals surface area contributed by atoms with E-state index in [1.54, 1.807) is 14.2 Å². The molecule has 0 bridgehead atoms. The SMILES string of the molecule is CO[Si](C)(CCC(C)C)OC.N=C=O. The minimum absolute atomic E-state index is 0.743. The Morgan fingerprint density at radius 2 is 1.71 bits per heavy atom. The molecule has 0 unspecified atom stereocenters. The third kappa shape index (κ3) is 9.60. The lowest BCUT2D eigenvalue weighted by Crippen LogP contribution is -2.36. The van der Waals surface area contributed by atoms with Gasteiger partial charge in [-0.2, -0.15) is 0 Å². The van der Waals surface area contributed by atoms with E-state index in [2.05, 4.69) is 20.4 Å². The van der Waals surface area contributed by atoms with E-state index < -0.39 is 8.56 Å². The molecule has 0 spiro atoms. The van der Waals surface area contributed by atoms with Crippen molar-refractivity contribution in [3.05, 3.63) is 0 Å². The van der Waals surface area contributed by atoms with Gasteiger partial charge in [0.15, 0.2) is 0 Å². The molecule has 0 atom stereocenters. The molecular formula is C9H21NO3Si. The van der Waals surface area contributed by atoms with Gasteiger partial charge in [-0.25, -0.2) is 10.2 Å². The van der Waals surface area contributed by atoms with Gasteiger partial charge in [0.25, 0.3) is 0 Å². The van der Waals surface area contributed by atoms with Crippen LogP contribution in [-0.4, -0.2) is 28.9 Å². The van der Waals surface area contributed by atoms with Crippen molar-refractivity contribution in [1.29, 1.82) is 5.41 Å². The molecular weight excluding hydrogens is 198 g/mol. The minimum atomic E-state index is -1.76. The van der Waals surface area contributed by atoms with Gasteiger partial charge in [-0.1, -0.05) is 13.8 Å². The lowest BCUT2D eigenvalue weighted by atomic mass is 10.2. The van der Waals surface area contributed by atoms with E-state index in [9.17, 15) is 0 Å². The number of rotatable bonds is 5. The maximum absolute atomic E-state index is 8.35. The van der Waals surface area contributed by atoms with Crippen LogP contribution in [0.25, 0.3) is 0 Å². The van der Waals surface area contributed by atoms with E-state index in [1.807, 2.05) is 0 Å². The van der Waals surface area contributed by atoms with E-state index in [4.69, 9.17) is 19.1 Å². The molecule has 0 aliphatic heterocycles. The highest BCUT2D eigenvalue weighted by Crippen LogP contribution is 2.17. The van der Waals surface area contributed by atoms with Crippen molar-refractivity contribution in [2.24, 2.45) is 5.92 Å². The molecule has 5 heteroatoms. The van der Waals surface area contributed by atoms with Crippen LogP contribution in [0.4, 0.5) is 0 Å². The van der Waals surface area contributed by atoms with Crippen LogP contribution in [0, 0.1) is 11.3 Å². The fraction of sp³-hybridized carbons (Fsp3) is 0.889. The lowest BCUT2D eigenvalue weighted by molar-refractivity contribution is 0.246. The Kier molecular flexibility index (Phi) is 10.4. The second-order valence-corrected chi connectivity index (χ2v) is 7.16. The first kappa shape index (κ1) is 16.0. The smallest absolute Gasteiger partial charge is 0.334 e. The number of isocyanates is 1. The third-order valence-corrected chi connectivity index (χ3v) is 4.96. The zero-order valence-corrected chi connectivity index (χ0v) is 10.7. The van der Waals surface area contributed by atoms with Crippen molar-refractivity contribution < 1.29 is 13.6 Å². The Hall–Kier alpha value is -0.483. The van der Waals surface area contributed by atoms with Crippen LogP contribution in [0.3, 0.4) is 0 Å². The number of nitrogens with one attached hydrogen (secondary N) is 1. The van der Waals surface area contributed by atoms with E-state index >= 15 is 0 Å². The number of hydrogen-bond acceptors (Lipinski definition) is 4. The summed E-state index contributed by atoms with van der Waals surface area (Å²) >= 11 is 0. The fourth-order valence-corrected chi connectivity index (χ4v) is 2.51. The van der Waals surface area contributed by atoms with Crippen LogP contribution in [-0.2, 0) is 13.6 Å². The van der Waals surface area contributed by atoms with Gasteiger partial charge < -0.3 is 8.85 Å². The summed E-state index contributed by atoms with van der Waals surface area (Å²) in [6, 6.07) is 1.09. The molecule has 0 radical (unpaired) electrons. The van der Waals surface area contributed by atoms with Crippen molar-refractivity contribution in [1.82, 2.24) is 0 Å². The van der Waals surface area contributed by atoms with Crippen LogP contribution in [0.1, 0.15) is 20.3 Å². The van der Waals surface area contributed by atoms with Crippen LogP contribution in [0.5, 0.6) is 0 Å². The van der Waals surface area contributed by atoms with Gasteiger partial charge in [-0.15, -0.1) is 0 Å². The molecule has 0 aromatic rings. The zero-order chi connectivity index (χ0) is 11.6. The van der Waals surface area contributed by atoms with Gasteiger partial charge in [-0.3, -0.25) is 0 Å². The molecule has 0 saturated carbocycles. The van der Waals surface area contributed by atoms with Crippen LogP contribution in [0.15, 0.2) is 0 Å². The highest BCUT2D eigenvalue weighted by molar-refractivity contribution is 6.65. The molecule has 1 N–H and O–H groups in total. The topological polar surface area (TPSA) is 59.4 Å². The maximum Gasteiger partial charge on any atom is 0.334 e. The summed E-state index contributed by atoms with van der Waals surface area (Å²) in [7, 11) is 1.73. The first-order chi connectivity index (χ1) is 6.45. The van der Waals surface area contributed by atoms with E-state index in [0.29, 0.717) is 0 Å². The molecule has 14 heavy (non-hydrogen) atoms. The highest BCUT2D eigenvalue weighted by atomic mass is 28.4. The van der Waals surface area contributed by atoms with Gasteiger partial charge in [0.2, 0.25) is 6.08 Å². The summed E-state index contributed by atoms with van der Waals surface area (Å²) < 4.78 is 10.7. The Bertz CT molecular complexity index is 163. The Labute approximate surface area is 87.4 Å². The molecule has 0 saturated heterocycles. The number of carbonyl (C=O) groups excluding carboxylic acids is 1. The standard InChI is InChI=1S/C8H20O2Si.CHNO/c1-8(2)6-7-11(5,9-3)10-4;2-1-3/h8H,6-7H2,1-5H3;2H. The average molecular weight is 219 g/mol. The van der Waals surface area contributed by atoms with Gasteiger partial charge in [0.05, 0.1) is 0 Å². The van der Waals surface area contributed by atoms with E-state index in [1.165, 1.54) is 6.42 Å². The van der Waals surface area contributed by atoms with Crippen molar-refractivity contribution >= 4 is 14.6 Å². The molecule has 0 rings (SSSR count). The summed E-state index contributed by atoms with van der Waals surface area (Å²) in [4.78, 5) is 8.35. The Morgan fingerprint density at radius 1 is 1.36 bits per heavy atom. The Morgan fingerprint density at radius 3 is 1.93 bits per heavy atom. The largest absolute Gasteiger partial charge is 0.398 e. The quantitative estimate of drug-likeness (QED) is 0.438. The summed E-state index contributed by atoms with van der Waals surface area (Å²) in [5.74, 6) is 0.743. The molecule has 0 fully saturated rings. The second kappa shape index (κ2) is 9.09. The van der Waals surface area contributed by atoms with Crippen LogP contribution < -0.4 is 0 Å². The minimum Gasteiger partial charge on any atom is -0.398 e. The molecule has 0 amide bonds. The molecule has 0 aliphatic rings. The third-order valence-electron chi connectivity index (χ3n) is 2.04. The molecule has 0 heterocycles. The summed E-state index contributed by atoms with van der Waals surface area (Å²) in [6.45, 7) is 6.55. The fourth-order valence-electron chi connectivity index (χ4n) is 0.838. The van der Waals surface area contributed by atoms with Gasteiger partial charge in [0.1, 0.15) is 0 Å². The molecule has 0 aromatic carbocycles. The summed E-state index contributed by atoms with van der Waals surface area (Å²) in [6.07, 6.45) is 1.95. The van der Waals surface area contributed by atoms with Crippen molar-refractivity contribution in [2.75, 3.05) is 14.2 Å². The van der Waals surface area contributed by atoms with Gasteiger partial charge in [0, 0.05) is 14.2 Å². The zero-order valence-electron chi connectivity index (χ0n) is 9.72. The molecule has 0 aliphatic carbocycles. The van der Waals surface area contributed by atoms with Crippen LogP contribution >= 0.6 is 0 Å². The summed E-state index contributed by atoms with van der Waals surface area (Å²) in [5, 5.41) is 5.40. The average Bonchev–Trinajstić information content (AvgIpc) is 2.15. The maximum atomic E-state index is 8.35. The van der Waals surface area contributed by atoms with E-state index in [-0.39, 0.29) is 0 Å². The lowest BCUT2D eigenvalue weighted by Gasteiger charge is -2.23. The van der Waals surface area contributed by atoms with Crippen molar-refractivity contribution in [3.8, 4) is 0 Å². The van der Waals surface area contributed by atoms with E-state index in [0.717, 1.165) is 18.0 Å². The predicted molar refractivity (Wildman–Crippen MR) is 58.3 cm³/mol. The first-order valence-electron chi connectivity index (χ1n) is 4.60. The molecule has 84 valence electrons. The van der Waals surface area contributed by atoms with Crippen molar-refractivity contribution in [3.63, 3.8) is 0 Å². The monoisotopic (exact) mass is 219 g/mol. The summed E-state index contributed by atoms with van der Waals surface area (Å²) in [5.41, 5.74) is 0. The second-order valence-electron chi connectivity index (χ2n) is 3.58. The predicted octanol–water partition coefficient (Wildman–Crippen LogP) is 2.30. The van der Waals surface area contributed by atoms with Crippen molar-refractivity contribution in [2.45, 2.75) is 32.9 Å².